The molecular weight excluding hydrogens is 397 g/mol. The van der Waals surface area contributed by atoms with E-state index in [2.05, 4.69) is 13.0 Å². The first-order valence-electron chi connectivity index (χ1n) is 11.7. The second-order valence-electron chi connectivity index (χ2n) is 9.07. The number of aryl methyl sites for hydroxylation is 1. The van der Waals surface area contributed by atoms with Crippen LogP contribution in [0.2, 0.25) is 0 Å². The van der Waals surface area contributed by atoms with Gasteiger partial charge in [-0.2, -0.15) is 4.39 Å². The number of fused-ring (bicyclic) bond motifs is 2. The molecule has 0 amide bonds. The molecule has 2 aromatic carbocycles. The molecule has 1 nitrogen and oxygen atoms in total. The molecule has 4 rings (SSSR count). The lowest BCUT2D eigenvalue weighted by atomic mass is 9.80. The van der Waals surface area contributed by atoms with Crippen LogP contribution in [0.5, 0.6) is 11.5 Å². The van der Waals surface area contributed by atoms with Crippen molar-refractivity contribution in [2.45, 2.75) is 71.6 Å². The van der Waals surface area contributed by atoms with Crippen LogP contribution in [0.4, 0.5) is 13.2 Å². The van der Waals surface area contributed by atoms with E-state index in [1.54, 1.807) is 12.1 Å². The first-order chi connectivity index (χ1) is 15.0. The van der Waals surface area contributed by atoms with Crippen molar-refractivity contribution in [3.8, 4) is 11.5 Å². The van der Waals surface area contributed by atoms with E-state index in [-0.39, 0.29) is 11.5 Å². The van der Waals surface area contributed by atoms with Crippen LogP contribution >= 0.6 is 0 Å². The third kappa shape index (κ3) is 4.53. The summed E-state index contributed by atoms with van der Waals surface area (Å²) in [5.41, 5.74) is 2.01. The molecule has 1 fully saturated rings. The number of halogens is 3. The molecule has 0 saturated heterocycles. The van der Waals surface area contributed by atoms with Gasteiger partial charge in [-0.15, -0.1) is 0 Å². The van der Waals surface area contributed by atoms with E-state index >= 15 is 4.39 Å². The van der Waals surface area contributed by atoms with Crippen molar-refractivity contribution in [1.82, 2.24) is 0 Å². The zero-order chi connectivity index (χ0) is 22.0. The second-order valence-corrected chi connectivity index (χ2v) is 9.07. The molecule has 0 aromatic heterocycles. The van der Waals surface area contributed by atoms with Crippen LogP contribution in [0.1, 0.15) is 81.0 Å². The Labute approximate surface area is 183 Å². The summed E-state index contributed by atoms with van der Waals surface area (Å²) in [6.45, 7) is 4.15. The number of ether oxygens (including phenoxy) is 1. The average Bonchev–Trinajstić information content (AvgIpc) is 2.77. The largest absolute Gasteiger partial charge is 0.450 e. The molecule has 0 unspecified atom stereocenters. The fourth-order valence-electron chi connectivity index (χ4n) is 5.03. The van der Waals surface area contributed by atoms with Crippen LogP contribution in [0.15, 0.2) is 24.3 Å². The van der Waals surface area contributed by atoms with Crippen molar-refractivity contribution in [2.24, 2.45) is 11.8 Å². The van der Waals surface area contributed by atoms with Gasteiger partial charge in [0.15, 0.2) is 23.1 Å². The van der Waals surface area contributed by atoms with Gasteiger partial charge in [-0.1, -0.05) is 57.4 Å². The molecule has 2 aromatic rings. The second kappa shape index (κ2) is 9.50. The molecule has 0 atom stereocenters. The van der Waals surface area contributed by atoms with Crippen LogP contribution in [0, 0.1) is 29.3 Å². The predicted octanol–water partition coefficient (Wildman–Crippen LogP) is 8.37. The van der Waals surface area contributed by atoms with Crippen LogP contribution < -0.4 is 4.74 Å². The molecule has 1 aliphatic carbocycles. The Morgan fingerprint density at radius 3 is 2.35 bits per heavy atom. The molecule has 0 radical (unpaired) electrons. The summed E-state index contributed by atoms with van der Waals surface area (Å²) in [6, 6.07) is 5.25. The van der Waals surface area contributed by atoms with Crippen molar-refractivity contribution in [2.75, 3.05) is 0 Å². The van der Waals surface area contributed by atoms with Crippen molar-refractivity contribution in [3.63, 3.8) is 0 Å². The summed E-state index contributed by atoms with van der Waals surface area (Å²) in [5, 5.41) is 0. The van der Waals surface area contributed by atoms with Crippen molar-refractivity contribution < 1.29 is 17.9 Å². The predicted molar refractivity (Wildman–Crippen MR) is 119 cm³/mol. The Morgan fingerprint density at radius 2 is 1.65 bits per heavy atom. The van der Waals surface area contributed by atoms with Crippen LogP contribution in [-0.4, -0.2) is 0 Å². The van der Waals surface area contributed by atoms with Crippen molar-refractivity contribution >= 4 is 6.08 Å². The highest BCUT2D eigenvalue weighted by molar-refractivity contribution is 5.59. The van der Waals surface area contributed by atoms with Gasteiger partial charge in [0, 0.05) is 23.1 Å². The Hall–Kier alpha value is -2.23. The lowest BCUT2D eigenvalue weighted by Gasteiger charge is -2.26. The van der Waals surface area contributed by atoms with Gasteiger partial charge in [-0.25, -0.2) is 8.78 Å². The van der Waals surface area contributed by atoms with Gasteiger partial charge in [0.2, 0.25) is 5.82 Å². The lowest BCUT2D eigenvalue weighted by Crippen LogP contribution is -2.12. The molecular formula is C27H31F3O. The topological polar surface area (TPSA) is 9.23 Å². The van der Waals surface area contributed by atoms with Gasteiger partial charge in [-0.05, 0) is 55.6 Å². The Balaban J connectivity index is 1.53. The highest BCUT2D eigenvalue weighted by Gasteiger charge is 2.28. The zero-order valence-corrected chi connectivity index (χ0v) is 18.4. The van der Waals surface area contributed by atoms with Crippen LogP contribution in [0.25, 0.3) is 6.08 Å². The minimum absolute atomic E-state index is 0.0165. The van der Waals surface area contributed by atoms with E-state index < -0.39 is 17.5 Å². The van der Waals surface area contributed by atoms with E-state index in [9.17, 15) is 8.78 Å². The highest BCUT2D eigenvalue weighted by atomic mass is 19.2. The zero-order valence-electron chi connectivity index (χ0n) is 18.4. The van der Waals surface area contributed by atoms with E-state index in [1.165, 1.54) is 25.7 Å². The van der Waals surface area contributed by atoms with Gasteiger partial charge < -0.3 is 4.74 Å². The molecule has 1 saturated carbocycles. The number of allylic oxidation sites excluding steroid dienone is 1. The van der Waals surface area contributed by atoms with Gasteiger partial charge in [0.05, 0.1) is 0 Å². The van der Waals surface area contributed by atoms with E-state index in [0.717, 1.165) is 25.2 Å². The Kier molecular flexibility index (Phi) is 6.74. The van der Waals surface area contributed by atoms with Crippen LogP contribution in [0.3, 0.4) is 0 Å². The van der Waals surface area contributed by atoms with Crippen molar-refractivity contribution in [1.29, 1.82) is 0 Å². The van der Waals surface area contributed by atoms with Crippen LogP contribution in [-0.2, 0) is 12.8 Å². The first kappa shape index (κ1) is 22.0. The third-order valence-corrected chi connectivity index (χ3v) is 6.76. The lowest BCUT2D eigenvalue weighted by molar-refractivity contribution is 0.295. The first-order valence-corrected chi connectivity index (χ1v) is 11.7. The third-order valence-electron chi connectivity index (χ3n) is 6.76. The minimum Gasteiger partial charge on any atom is -0.450 e. The SMILES string of the molecule is CCCc1cc2c(c(F)c1F)Oc1c(ccc(/C=C/C3CCC(CCC)CC3)c1F)C2. The van der Waals surface area contributed by atoms with Gasteiger partial charge in [0.25, 0.3) is 0 Å². The molecule has 1 heterocycles. The average molecular weight is 429 g/mol. The van der Waals surface area contributed by atoms with Crippen molar-refractivity contribution in [3.05, 3.63) is 64.0 Å². The molecule has 0 N–H and O–H groups in total. The summed E-state index contributed by atoms with van der Waals surface area (Å²) in [4.78, 5) is 0. The number of hydrogen-bond acceptors (Lipinski definition) is 1. The molecule has 2 aliphatic rings. The Bertz CT molecular complexity index is 971. The maximum atomic E-state index is 15.2. The smallest absolute Gasteiger partial charge is 0.201 e. The molecule has 31 heavy (non-hydrogen) atoms. The molecule has 1 aliphatic heterocycles. The highest BCUT2D eigenvalue weighted by Crippen LogP contribution is 2.42. The Morgan fingerprint density at radius 1 is 0.903 bits per heavy atom. The normalized spacial score (nSPS) is 20.4. The number of hydrogen-bond donors (Lipinski definition) is 0. The summed E-state index contributed by atoms with van der Waals surface area (Å²) in [7, 11) is 0. The standard InChI is InChI=1S/C27H31F3O/c1-3-5-17-7-9-18(10-8-17)11-12-19-13-14-21-16-22-15-20(6-4-2)23(28)25(30)27(22)31-26(21)24(19)29/h11-15,17-18H,3-10,16H2,1-2H3/b12-11+. The molecule has 0 bridgehead atoms. The fourth-order valence-corrected chi connectivity index (χ4v) is 5.03. The summed E-state index contributed by atoms with van der Waals surface area (Å²) in [6.07, 6.45) is 12.7. The van der Waals surface area contributed by atoms with E-state index in [1.807, 2.05) is 19.1 Å². The maximum Gasteiger partial charge on any atom is 0.201 e. The minimum atomic E-state index is -1.02. The molecule has 166 valence electrons. The van der Waals surface area contributed by atoms with Gasteiger partial charge in [-0.3, -0.25) is 0 Å². The number of rotatable bonds is 6. The van der Waals surface area contributed by atoms with Gasteiger partial charge in [0.1, 0.15) is 0 Å². The quantitative estimate of drug-likeness (QED) is 0.383. The fraction of sp³-hybridized carbons (Fsp3) is 0.481. The summed E-state index contributed by atoms with van der Waals surface area (Å²) < 4.78 is 49.8. The molecule has 0 spiro atoms. The van der Waals surface area contributed by atoms with Gasteiger partial charge >= 0.3 is 0 Å². The maximum absolute atomic E-state index is 15.2. The number of benzene rings is 2. The summed E-state index contributed by atoms with van der Waals surface area (Å²) >= 11 is 0. The van der Waals surface area contributed by atoms with E-state index in [4.69, 9.17) is 4.74 Å². The monoisotopic (exact) mass is 428 g/mol. The summed E-state index contributed by atoms with van der Waals surface area (Å²) in [5.74, 6) is -1.28. The molecule has 4 heteroatoms. The van der Waals surface area contributed by atoms with E-state index in [0.29, 0.717) is 41.0 Å².